The molecule has 10 heteroatoms. The number of hydrogen-bond acceptors (Lipinski definition) is 9. The van der Waals surface area contributed by atoms with Gasteiger partial charge in [-0.05, 0) is 75.4 Å². The smallest absolute Gasteiger partial charge is 0.357 e. The van der Waals surface area contributed by atoms with Crippen LogP contribution in [0.25, 0.3) is 22.3 Å². The number of rotatable bonds is 5. The molecule has 2 fully saturated rings. The van der Waals surface area contributed by atoms with Crippen molar-refractivity contribution in [1.82, 2.24) is 19.5 Å². The van der Waals surface area contributed by atoms with Gasteiger partial charge < -0.3 is 24.1 Å². The maximum atomic E-state index is 13.6. The fraction of sp³-hybridized carbons (Fsp3) is 0.515. The number of nitrogens with zero attached hydrogens (tertiary/aromatic N) is 4. The molecule has 0 radical (unpaired) electrons. The number of cyclic esters (lactones) is 1. The molecule has 226 valence electrons. The highest BCUT2D eigenvalue weighted by atomic mass is 16.7. The fourth-order valence-electron chi connectivity index (χ4n) is 7.33. The van der Waals surface area contributed by atoms with Crippen LogP contribution >= 0.6 is 0 Å². The number of esters is 1. The molecular weight excluding hydrogens is 548 g/mol. The normalized spacial score (nSPS) is 22.6. The Morgan fingerprint density at radius 2 is 1.86 bits per heavy atom. The van der Waals surface area contributed by atoms with Crippen LogP contribution in [0, 0.1) is 0 Å². The van der Waals surface area contributed by atoms with Crippen molar-refractivity contribution in [3.8, 4) is 11.4 Å². The number of aryl methyl sites for hydroxylation is 1. The highest BCUT2D eigenvalue weighted by Crippen LogP contribution is 2.39. The first kappa shape index (κ1) is 28.2. The lowest BCUT2D eigenvalue weighted by Gasteiger charge is -2.39. The Labute approximate surface area is 250 Å². The van der Waals surface area contributed by atoms with Gasteiger partial charge >= 0.3 is 11.9 Å². The van der Waals surface area contributed by atoms with Crippen LogP contribution in [-0.4, -0.2) is 68.8 Å². The van der Waals surface area contributed by atoms with Gasteiger partial charge in [0.1, 0.15) is 6.61 Å². The van der Waals surface area contributed by atoms with Gasteiger partial charge in [-0.15, -0.1) is 5.06 Å². The van der Waals surface area contributed by atoms with Crippen LogP contribution in [0.2, 0.25) is 0 Å². The van der Waals surface area contributed by atoms with Crippen molar-refractivity contribution in [2.75, 3.05) is 26.2 Å². The summed E-state index contributed by atoms with van der Waals surface area (Å²) in [5.41, 5.74) is 2.45. The van der Waals surface area contributed by atoms with E-state index in [2.05, 4.69) is 4.90 Å². The van der Waals surface area contributed by atoms with Gasteiger partial charge in [0.2, 0.25) is 0 Å². The fourth-order valence-corrected chi connectivity index (χ4v) is 7.33. The van der Waals surface area contributed by atoms with Crippen molar-refractivity contribution < 1.29 is 24.3 Å². The zero-order chi connectivity index (χ0) is 29.9. The van der Waals surface area contributed by atoms with Crippen LogP contribution in [0.15, 0.2) is 29.1 Å². The van der Waals surface area contributed by atoms with Crippen LogP contribution in [0.4, 0.5) is 0 Å². The predicted octanol–water partition coefficient (Wildman–Crippen LogP) is 3.66. The number of ether oxygens (including phenoxy) is 1. The molecule has 0 bridgehead atoms. The number of likely N-dealkylation sites (tertiary alicyclic amines) is 1. The zero-order valence-corrected chi connectivity index (χ0v) is 24.9. The second-order valence-corrected chi connectivity index (χ2v) is 12.3. The molecule has 43 heavy (non-hydrogen) atoms. The highest BCUT2D eigenvalue weighted by Gasteiger charge is 2.45. The van der Waals surface area contributed by atoms with Crippen LogP contribution < -0.4 is 5.56 Å². The van der Waals surface area contributed by atoms with Gasteiger partial charge in [-0.2, -0.15) is 0 Å². The molecule has 0 unspecified atom stereocenters. The summed E-state index contributed by atoms with van der Waals surface area (Å²) in [6, 6.07) is 7.94. The number of aliphatic hydroxyl groups is 1. The summed E-state index contributed by atoms with van der Waals surface area (Å²) < 4.78 is 6.80. The molecule has 7 rings (SSSR count). The molecule has 0 amide bonds. The quantitative estimate of drug-likeness (QED) is 0.350. The summed E-state index contributed by atoms with van der Waals surface area (Å²) in [5.74, 6) is -1.15. The van der Waals surface area contributed by atoms with Gasteiger partial charge in [0.25, 0.3) is 5.56 Å². The lowest BCUT2D eigenvalue weighted by Crippen LogP contribution is -2.47. The SMILES string of the molecule is CCc1ccc(C(=O)ON2CCC(N3CCCCC3)CC2)c2cc3c(nc12)-c1cc2c(c(=O)n1C3)COC(=O)[C@]2(O)CC. The number of pyridine rings is 2. The summed E-state index contributed by atoms with van der Waals surface area (Å²) in [4.78, 5) is 53.2. The Morgan fingerprint density at radius 3 is 2.58 bits per heavy atom. The highest BCUT2D eigenvalue weighted by molar-refractivity contribution is 6.05. The van der Waals surface area contributed by atoms with E-state index in [0.717, 1.165) is 24.0 Å². The van der Waals surface area contributed by atoms with Gasteiger partial charge in [-0.3, -0.25) is 4.79 Å². The van der Waals surface area contributed by atoms with E-state index in [1.807, 2.05) is 25.1 Å². The lowest BCUT2D eigenvalue weighted by molar-refractivity contribution is -0.172. The minimum absolute atomic E-state index is 0.0844. The number of aromatic nitrogens is 2. The van der Waals surface area contributed by atoms with Crippen LogP contribution in [-0.2, 0) is 39.5 Å². The molecule has 2 saturated heterocycles. The number of hydroxylamine groups is 2. The molecule has 3 aromatic rings. The standard InChI is InChI=1S/C33H38N4O6/c1-3-20-8-9-23(31(39)43-36-14-10-22(11-15-36)35-12-6-5-7-13-35)24-16-21-18-37-27(29(21)34-28(20)24)17-26-25(30(37)38)19-42-32(40)33(26,41)4-2/h8-9,16-17,22,41H,3-7,10-15,18-19H2,1-2H3/t33-/m0/s1. The molecule has 1 atom stereocenters. The van der Waals surface area contributed by atoms with E-state index in [-0.39, 0.29) is 36.3 Å². The summed E-state index contributed by atoms with van der Waals surface area (Å²) in [6.45, 7) is 7.58. The molecule has 4 aliphatic heterocycles. The van der Waals surface area contributed by atoms with Gasteiger partial charge in [0, 0.05) is 35.6 Å². The first-order valence-electron chi connectivity index (χ1n) is 15.7. The predicted molar refractivity (Wildman–Crippen MR) is 159 cm³/mol. The largest absolute Gasteiger partial charge is 0.458 e. The first-order valence-corrected chi connectivity index (χ1v) is 15.7. The second-order valence-electron chi connectivity index (χ2n) is 12.3. The maximum Gasteiger partial charge on any atom is 0.357 e. The van der Waals surface area contributed by atoms with Crippen molar-refractivity contribution >= 4 is 22.8 Å². The molecule has 2 aromatic heterocycles. The van der Waals surface area contributed by atoms with Crippen molar-refractivity contribution in [2.45, 2.75) is 83.6 Å². The minimum atomic E-state index is -1.88. The van der Waals surface area contributed by atoms with E-state index < -0.39 is 17.5 Å². The van der Waals surface area contributed by atoms with Crippen molar-refractivity contribution in [3.63, 3.8) is 0 Å². The van der Waals surface area contributed by atoms with Crippen LogP contribution in [0.5, 0.6) is 0 Å². The number of hydrogen-bond donors (Lipinski definition) is 1. The Kier molecular flexibility index (Phi) is 7.10. The van der Waals surface area contributed by atoms with Crippen molar-refractivity contribution in [3.05, 3.63) is 62.4 Å². The monoisotopic (exact) mass is 586 g/mol. The summed E-state index contributed by atoms with van der Waals surface area (Å²) in [5, 5.41) is 13.7. The molecule has 4 aliphatic rings. The second kappa shape index (κ2) is 10.8. The van der Waals surface area contributed by atoms with Crippen molar-refractivity contribution in [1.29, 1.82) is 0 Å². The van der Waals surface area contributed by atoms with E-state index in [1.54, 1.807) is 22.6 Å². The van der Waals surface area contributed by atoms with Gasteiger partial charge in [-0.1, -0.05) is 26.3 Å². The molecule has 0 aliphatic carbocycles. The Hall–Kier alpha value is -3.60. The third-order valence-corrected chi connectivity index (χ3v) is 9.90. The lowest BCUT2D eigenvalue weighted by atomic mass is 9.86. The molecular formula is C33H38N4O6. The summed E-state index contributed by atoms with van der Waals surface area (Å²) in [6.07, 6.45) is 6.62. The molecule has 6 heterocycles. The zero-order valence-electron chi connectivity index (χ0n) is 24.9. The average Bonchev–Trinajstić information content (AvgIpc) is 3.40. The third-order valence-electron chi connectivity index (χ3n) is 9.90. The van der Waals surface area contributed by atoms with E-state index in [9.17, 15) is 19.5 Å². The van der Waals surface area contributed by atoms with E-state index >= 15 is 0 Å². The van der Waals surface area contributed by atoms with Gasteiger partial charge in [0.05, 0.1) is 34.6 Å². The molecule has 10 nitrogen and oxygen atoms in total. The third kappa shape index (κ3) is 4.58. The summed E-state index contributed by atoms with van der Waals surface area (Å²) >= 11 is 0. The number of piperidine rings is 2. The van der Waals surface area contributed by atoms with E-state index in [1.165, 1.54) is 32.4 Å². The van der Waals surface area contributed by atoms with E-state index in [4.69, 9.17) is 14.6 Å². The number of carbonyl (C=O) groups is 2. The molecule has 1 aromatic carbocycles. The van der Waals surface area contributed by atoms with E-state index in [0.29, 0.717) is 53.4 Å². The van der Waals surface area contributed by atoms with Crippen LogP contribution in [0.3, 0.4) is 0 Å². The van der Waals surface area contributed by atoms with Crippen LogP contribution in [0.1, 0.15) is 85.0 Å². The molecule has 1 N–H and O–H groups in total. The topological polar surface area (TPSA) is 114 Å². The Bertz CT molecular complexity index is 1690. The number of carbonyl (C=O) groups excluding carboxylic acids is 2. The van der Waals surface area contributed by atoms with Gasteiger partial charge in [0.15, 0.2) is 5.60 Å². The summed E-state index contributed by atoms with van der Waals surface area (Å²) in [7, 11) is 0. The minimum Gasteiger partial charge on any atom is -0.458 e. The maximum absolute atomic E-state index is 13.6. The Balaban J connectivity index is 1.20. The Morgan fingerprint density at radius 1 is 1.09 bits per heavy atom. The van der Waals surface area contributed by atoms with Gasteiger partial charge in [-0.25, -0.2) is 14.6 Å². The van der Waals surface area contributed by atoms with Crippen molar-refractivity contribution in [2.24, 2.45) is 0 Å². The molecule has 0 spiro atoms. The molecule has 0 saturated carbocycles. The number of fused-ring (bicyclic) bond motifs is 5. The first-order chi connectivity index (χ1) is 20.8. The average molecular weight is 587 g/mol. The number of benzene rings is 1.